The van der Waals surface area contributed by atoms with Gasteiger partial charge in [0.05, 0.1) is 13.2 Å². The van der Waals surface area contributed by atoms with Crippen LogP contribution >= 0.6 is 0 Å². The topological polar surface area (TPSA) is 137 Å². The molecule has 0 bridgehead atoms. The van der Waals surface area contributed by atoms with Crippen molar-refractivity contribution < 1.29 is 13.9 Å². The van der Waals surface area contributed by atoms with E-state index >= 15 is 0 Å². The maximum atomic E-state index is 13.6. The molecule has 0 saturated heterocycles. The van der Waals surface area contributed by atoms with Crippen LogP contribution in [0, 0.1) is 5.82 Å². The lowest BCUT2D eigenvalue weighted by Gasteiger charge is -2.22. The Morgan fingerprint density at radius 2 is 1.80 bits per heavy atom. The Morgan fingerprint density at radius 3 is 2.48 bits per heavy atom. The average molecular weight is 602 g/mol. The van der Waals surface area contributed by atoms with Crippen molar-refractivity contribution >= 4 is 22.9 Å². The third-order valence-corrected chi connectivity index (χ3v) is 7.14. The molecule has 0 aliphatic heterocycles. The van der Waals surface area contributed by atoms with Gasteiger partial charge in [0.15, 0.2) is 5.65 Å². The molecule has 0 radical (unpaired) electrons. The van der Waals surface area contributed by atoms with E-state index in [0.717, 1.165) is 0 Å². The first-order valence-corrected chi connectivity index (χ1v) is 14.2. The van der Waals surface area contributed by atoms with Crippen molar-refractivity contribution in [1.82, 2.24) is 28.7 Å². The highest BCUT2D eigenvalue weighted by Crippen LogP contribution is 2.22. The highest BCUT2D eigenvalue weighted by molar-refractivity contribution is 6.05. The molecule has 0 aliphatic carbocycles. The van der Waals surface area contributed by atoms with Gasteiger partial charge in [-0.3, -0.25) is 28.4 Å². The minimum Gasteiger partial charge on any atom is -0.383 e. The van der Waals surface area contributed by atoms with Crippen molar-refractivity contribution in [2.24, 2.45) is 0 Å². The highest BCUT2D eigenvalue weighted by Gasteiger charge is 2.21. The molecule has 1 aromatic carbocycles. The highest BCUT2D eigenvalue weighted by atomic mass is 19.1. The van der Waals surface area contributed by atoms with Crippen molar-refractivity contribution in [2.75, 3.05) is 25.2 Å². The molecule has 1 amide bonds. The summed E-state index contributed by atoms with van der Waals surface area (Å²) in [6.45, 7) is 3.23. The SMILES string of the molecule is CCCn1c(=O)c2[nH]c(-c3ccc(N(CCCn4ccccc4=O)C(=O)c4ccc(F)cc4)nc3)nc2n(CCOC)c1=O. The van der Waals surface area contributed by atoms with Gasteiger partial charge < -0.3 is 14.3 Å². The van der Waals surface area contributed by atoms with E-state index in [4.69, 9.17) is 4.74 Å². The predicted molar refractivity (Wildman–Crippen MR) is 163 cm³/mol. The summed E-state index contributed by atoms with van der Waals surface area (Å²) < 4.78 is 22.9. The number of imidazole rings is 1. The Bertz CT molecular complexity index is 1940. The number of benzene rings is 1. The maximum absolute atomic E-state index is 13.6. The van der Waals surface area contributed by atoms with Crippen molar-refractivity contribution in [3.05, 3.63) is 110 Å². The molecule has 1 N–H and O–H groups in total. The van der Waals surface area contributed by atoms with Gasteiger partial charge in [-0.15, -0.1) is 0 Å². The molecular formula is C31H32FN7O5. The Morgan fingerprint density at radius 1 is 1.00 bits per heavy atom. The number of hydrogen-bond donors (Lipinski definition) is 1. The van der Waals surface area contributed by atoms with Crippen LogP contribution in [0.2, 0.25) is 0 Å². The van der Waals surface area contributed by atoms with Gasteiger partial charge in [-0.2, -0.15) is 0 Å². The van der Waals surface area contributed by atoms with Crippen molar-refractivity contribution in [3.63, 3.8) is 0 Å². The van der Waals surface area contributed by atoms with Gasteiger partial charge in [-0.25, -0.2) is 19.2 Å². The van der Waals surface area contributed by atoms with Crippen LogP contribution in [0.4, 0.5) is 10.2 Å². The molecule has 0 fully saturated rings. The monoisotopic (exact) mass is 601 g/mol. The number of nitrogens with one attached hydrogen (secondary N) is 1. The zero-order chi connectivity index (χ0) is 31.2. The summed E-state index contributed by atoms with van der Waals surface area (Å²) in [5.41, 5.74) is 0.153. The van der Waals surface area contributed by atoms with E-state index in [1.807, 2.05) is 6.92 Å². The number of aryl methyl sites for hydroxylation is 1. The summed E-state index contributed by atoms with van der Waals surface area (Å²) >= 11 is 0. The number of ether oxygens (including phenoxy) is 1. The Balaban J connectivity index is 1.48. The molecule has 0 atom stereocenters. The standard InChI is InChI=1S/C31H32FN7O5/c1-3-14-39-30(42)26-28(38(31(39)43)18-19-44-2)35-27(34-26)22-10-13-24(33-20-22)37(29(41)21-8-11-23(32)12-9-21)17-6-16-36-15-5-4-7-25(36)40/h4-5,7-13,15,20H,3,6,14,16-19H2,1-2H3,(H,34,35). The Hall–Kier alpha value is -5.17. The van der Waals surface area contributed by atoms with E-state index in [1.165, 1.54) is 57.7 Å². The van der Waals surface area contributed by atoms with Crippen LogP contribution in [-0.4, -0.2) is 54.8 Å². The molecule has 5 aromatic rings. The molecule has 44 heavy (non-hydrogen) atoms. The number of methoxy groups -OCH3 is 1. The van der Waals surface area contributed by atoms with Gasteiger partial charge in [-0.05, 0) is 55.3 Å². The third kappa shape index (κ3) is 6.27. The van der Waals surface area contributed by atoms with Gasteiger partial charge >= 0.3 is 5.69 Å². The molecule has 228 valence electrons. The Kier molecular flexibility index (Phi) is 9.24. The molecule has 0 saturated carbocycles. The number of pyridine rings is 2. The van der Waals surface area contributed by atoms with E-state index in [2.05, 4.69) is 15.0 Å². The normalized spacial score (nSPS) is 11.2. The number of H-pyrrole nitrogens is 1. The quantitative estimate of drug-likeness (QED) is 0.232. The number of carbonyl (C=O) groups excluding carboxylic acids is 1. The van der Waals surface area contributed by atoms with E-state index < -0.39 is 17.1 Å². The van der Waals surface area contributed by atoms with Crippen LogP contribution in [0.5, 0.6) is 0 Å². The summed E-state index contributed by atoms with van der Waals surface area (Å²) in [5, 5.41) is 0. The first kappa shape index (κ1) is 30.3. The largest absolute Gasteiger partial charge is 0.383 e. The van der Waals surface area contributed by atoms with Crippen LogP contribution in [-0.2, 0) is 24.4 Å². The van der Waals surface area contributed by atoms with Crippen molar-refractivity contribution in [1.29, 1.82) is 0 Å². The van der Waals surface area contributed by atoms with Gasteiger partial charge in [0.2, 0.25) is 5.56 Å². The first-order valence-electron chi connectivity index (χ1n) is 14.2. The molecular weight excluding hydrogens is 569 g/mol. The number of anilines is 1. The summed E-state index contributed by atoms with van der Waals surface area (Å²) in [4.78, 5) is 65.5. The maximum Gasteiger partial charge on any atom is 0.332 e. The summed E-state index contributed by atoms with van der Waals surface area (Å²) in [6, 6.07) is 13.5. The zero-order valence-electron chi connectivity index (χ0n) is 24.4. The fourth-order valence-corrected chi connectivity index (χ4v) is 4.91. The molecule has 5 rings (SSSR count). The van der Waals surface area contributed by atoms with Crippen LogP contribution in [0.3, 0.4) is 0 Å². The van der Waals surface area contributed by atoms with Crippen LogP contribution < -0.4 is 21.7 Å². The molecule has 4 aromatic heterocycles. The van der Waals surface area contributed by atoms with Gasteiger partial charge in [0, 0.05) is 56.3 Å². The van der Waals surface area contributed by atoms with E-state index in [0.29, 0.717) is 36.6 Å². The van der Waals surface area contributed by atoms with E-state index in [9.17, 15) is 23.6 Å². The fraction of sp³-hybridized carbons (Fsp3) is 0.290. The van der Waals surface area contributed by atoms with Crippen LogP contribution in [0.25, 0.3) is 22.6 Å². The smallest absolute Gasteiger partial charge is 0.332 e. The lowest BCUT2D eigenvalue weighted by Crippen LogP contribution is -2.40. The van der Waals surface area contributed by atoms with Crippen molar-refractivity contribution in [3.8, 4) is 11.4 Å². The molecule has 0 aliphatic rings. The predicted octanol–water partition coefficient (Wildman–Crippen LogP) is 3.04. The number of halogens is 1. The Labute approximate surface area is 251 Å². The van der Waals surface area contributed by atoms with Gasteiger partial charge in [0.1, 0.15) is 23.0 Å². The summed E-state index contributed by atoms with van der Waals surface area (Å²) in [5.74, 6) is -0.176. The zero-order valence-corrected chi connectivity index (χ0v) is 24.4. The lowest BCUT2D eigenvalue weighted by molar-refractivity contribution is 0.0985. The van der Waals surface area contributed by atoms with Crippen LogP contribution in [0.1, 0.15) is 30.1 Å². The molecule has 4 heterocycles. The van der Waals surface area contributed by atoms with E-state index in [-0.39, 0.29) is 54.4 Å². The van der Waals surface area contributed by atoms with Crippen molar-refractivity contribution in [2.45, 2.75) is 39.4 Å². The summed E-state index contributed by atoms with van der Waals surface area (Å²) in [6.07, 6.45) is 4.25. The number of rotatable bonds is 12. The number of amides is 1. The second-order valence-corrected chi connectivity index (χ2v) is 10.1. The number of hydrogen-bond acceptors (Lipinski definition) is 7. The average Bonchev–Trinajstić information content (AvgIpc) is 3.48. The number of nitrogens with zero attached hydrogens (tertiary/aromatic N) is 6. The molecule has 0 unspecified atom stereocenters. The minimum atomic E-state index is -0.461. The van der Waals surface area contributed by atoms with Gasteiger partial charge in [0.25, 0.3) is 11.5 Å². The number of aromatic nitrogens is 6. The van der Waals surface area contributed by atoms with E-state index in [1.54, 1.807) is 35.0 Å². The number of aromatic amines is 1. The number of fused-ring (bicyclic) bond motifs is 1. The number of carbonyl (C=O) groups is 1. The van der Waals surface area contributed by atoms with Gasteiger partial charge in [-0.1, -0.05) is 13.0 Å². The molecule has 0 spiro atoms. The molecule has 13 heteroatoms. The second kappa shape index (κ2) is 13.4. The molecule has 12 nitrogen and oxygen atoms in total. The fourth-order valence-electron chi connectivity index (χ4n) is 4.91. The van der Waals surface area contributed by atoms with Crippen LogP contribution in [0.15, 0.2) is 81.4 Å². The summed E-state index contributed by atoms with van der Waals surface area (Å²) in [7, 11) is 1.53. The second-order valence-electron chi connectivity index (χ2n) is 10.1. The lowest BCUT2D eigenvalue weighted by atomic mass is 10.2. The third-order valence-electron chi connectivity index (χ3n) is 7.14. The first-order chi connectivity index (χ1) is 21.3. The minimum absolute atomic E-state index is 0.147.